The lowest BCUT2D eigenvalue weighted by Crippen LogP contribution is -2.41. The minimum atomic E-state index is -1.43. The number of carbonyl (C=O) groups excluding carboxylic acids is 3. The fourth-order valence-electron chi connectivity index (χ4n) is 4.77. The third-order valence-electron chi connectivity index (χ3n) is 6.24. The highest BCUT2D eigenvalue weighted by molar-refractivity contribution is 6.78. The van der Waals surface area contributed by atoms with E-state index in [0.717, 1.165) is 18.5 Å². The van der Waals surface area contributed by atoms with Crippen molar-refractivity contribution in [2.24, 2.45) is 23.2 Å². The molecule has 0 radical (unpaired) electrons. The van der Waals surface area contributed by atoms with E-state index < -0.39 is 45.3 Å². The number of hydrogen-bond donors (Lipinski definition) is 0. The Labute approximate surface area is 189 Å². The Morgan fingerprint density at radius 2 is 1.61 bits per heavy atom. The summed E-state index contributed by atoms with van der Waals surface area (Å²) in [5.41, 5.74) is -0.897. The van der Waals surface area contributed by atoms with Crippen LogP contribution in [-0.2, 0) is 28.6 Å². The van der Waals surface area contributed by atoms with Crippen LogP contribution in [0.4, 0.5) is 0 Å². The minimum Gasteiger partial charge on any atom is -0.463 e. The first-order valence-electron chi connectivity index (χ1n) is 11.6. The predicted octanol–water partition coefficient (Wildman–Crippen LogP) is 4.73. The molecule has 178 valence electrons. The largest absolute Gasteiger partial charge is 0.463 e. The molecule has 0 aromatic carbocycles. The zero-order valence-electron chi connectivity index (χ0n) is 20.9. The van der Waals surface area contributed by atoms with Gasteiger partial charge in [-0.05, 0) is 44.7 Å². The van der Waals surface area contributed by atoms with Crippen molar-refractivity contribution in [3.63, 3.8) is 0 Å². The summed E-state index contributed by atoms with van der Waals surface area (Å²) in [6.45, 7) is 20.0. The lowest BCUT2D eigenvalue weighted by molar-refractivity contribution is -0.160. The van der Waals surface area contributed by atoms with E-state index >= 15 is 0 Å². The molecule has 0 amide bonds. The van der Waals surface area contributed by atoms with Gasteiger partial charge in [-0.1, -0.05) is 46.2 Å². The molecule has 0 N–H and O–H groups in total. The number of esters is 3. The van der Waals surface area contributed by atoms with E-state index in [-0.39, 0.29) is 30.5 Å². The Morgan fingerprint density at radius 1 is 1.06 bits per heavy atom. The zero-order valence-corrected chi connectivity index (χ0v) is 22.9. The first kappa shape index (κ1) is 26.3. The molecule has 0 aliphatic carbocycles. The first-order chi connectivity index (χ1) is 14.0. The van der Waals surface area contributed by atoms with Crippen LogP contribution in [0.15, 0.2) is 0 Å². The van der Waals surface area contributed by atoms with E-state index in [1.54, 1.807) is 0 Å². The van der Waals surface area contributed by atoms with E-state index in [9.17, 15) is 14.4 Å². The van der Waals surface area contributed by atoms with Crippen LogP contribution in [0.2, 0.25) is 51.4 Å². The molecule has 2 fully saturated rings. The van der Waals surface area contributed by atoms with Crippen LogP contribution in [-0.4, -0.2) is 52.9 Å². The molecule has 2 heterocycles. The van der Waals surface area contributed by atoms with Crippen molar-refractivity contribution in [1.82, 2.24) is 0 Å². The summed E-state index contributed by atoms with van der Waals surface area (Å²) in [6, 6.07) is 1.86. The highest BCUT2D eigenvalue weighted by Crippen LogP contribution is 2.42. The van der Waals surface area contributed by atoms with Crippen molar-refractivity contribution >= 4 is 34.1 Å². The maximum atomic E-state index is 13.3. The van der Waals surface area contributed by atoms with Crippen LogP contribution in [0.3, 0.4) is 0 Å². The molecule has 2 rings (SSSR count). The number of rotatable bonds is 9. The van der Waals surface area contributed by atoms with Gasteiger partial charge < -0.3 is 14.2 Å². The number of carbonyl (C=O) groups is 3. The van der Waals surface area contributed by atoms with E-state index in [0.29, 0.717) is 6.61 Å². The van der Waals surface area contributed by atoms with Gasteiger partial charge in [-0.25, -0.2) is 0 Å². The lowest BCUT2D eigenvalue weighted by atomic mass is 9.75. The Hall–Kier alpha value is -0.996. The Balaban J connectivity index is 2.15. The van der Waals surface area contributed by atoms with Gasteiger partial charge in [0.05, 0.1) is 29.5 Å². The van der Waals surface area contributed by atoms with Crippen molar-refractivity contribution in [1.29, 1.82) is 0 Å². The van der Waals surface area contributed by atoms with Gasteiger partial charge in [0.15, 0.2) is 0 Å². The molecule has 31 heavy (non-hydrogen) atoms. The average molecular weight is 471 g/mol. The monoisotopic (exact) mass is 470 g/mol. The Morgan fingerprint density at radius 3 is 2.06 bits per heavy atom. The summed E-state index contributed by atoms with van der Waals surface area (Å²) in [4.78, 5) is 38.2. The van der Waals surface area contributed by atoms with Gasteiger partial charge in [-0.3, -0.25) is 14.4 Å². The SMILES string of the molecule is CC1CCOC1C1C(=O)OC(=O)C1CC(C)(C)C(=O)OC(C[Si](C)(C)C)C[Si](C)(C)C. The normalized spacial score (nSPS) is 27.7. The van der Waals surface area contributed by atoms with Crippen LogP contribution >= 0.6 is 0 Å². The van der Waals surface area contributed by atoms with Gasteiger partial charge in [-0.15, -0.1) is 0 Å². The minimum absolute atomic E-state index is 0.0868. The Bertz CT molecular complexity index is 675. The van der Waals surface area contributed by atoms with Crippen LogP contribution in [0.1, 0.15) is 33.6 Å². The summed E-state index contributed by atoms with van der Waals surface area (Å²) in [5, 5.41) is 0. The molecule has 6 nitrogen and oxygen atoms in total. The van der Waals surface area contributed by atoms with Crippen LogP contribution < -0.4 is 0 Å². The molecule has 2 aliphatic rings. The Kier molecular flexibility index (Phi) is 8.02. The van der Waals surface area contributed by atoms with Gasteiger partial charge >= 0.3 is 17.9 Å². The summed E-state index contributed by atoms with van der Waals surface area (Å²) in [6.07, 6.45) is 0.661. The van der Waals surface area contributed by atoms with Gasteiger partial charge in [0.2, 0.25) is 0 Å². The summed E-state index contributed by atoms with van der Waals surface area (Å²) in [5.74, 6) is -2.49. The third-order valence-corrected chi connectivity index (χ3v) is 9.60. The van der Waals surface area contributed by atoms with Gasteiger partial charge in [0.25, 0.3) is 0 Å². The molecule has 8 heteroatoms. The fourth-order valence-corrected chi connectivity index (χ4v) is 8.24. The van der Waals surface area contributed by atoms with Crippen LogP contribution in [0.25, 0.3) is 0 Å². The summed E-state index contributed by atoms with van der Waals surface area (Å²) in [7, 11) is -2.86. The second-order valence-electron chi connectivity index (χ2n) is 12.6. The molecule has 2 aliphatic heterocycles. The number of ether oxygens (including phenoxy) is 3. The molecule has 4 atom stereocenters. The van der Waals surface area contributed by atoms with Gasteiger partial charge in [-0.2, -0.15) is 0 Å². The predicted molar refractivity (Wildman–Crippen MR) is 126 cm³/mol. The van der Waals surface area contributed by atoms with Crippen molar-refractivity contribution in [3.8, 4) is 0 Å². The summed E-state index contributed by atoms with van der Waals surface area (Å²) < 4.78 is 16.9. The topological polar surface area (TPSA) is 78.9 Å². The number of cyclic esters (lactones) is 2. The van der Waals surface area contributed by atoms with Crippen LogP contribution in [0, 0.1) is 23.2 Å². The second kappa shape index (κ2) is 9.47. The highest BCUT2D eigenvalue weighted by atomic mass is 28.3. The first-order valence-corrected chi connectivity index (χ1v) is 19.0. The van der Waals surface area contributed by atoms with E-state index in [1.165, 1.54) is 0 Å². The van der Waals surface area contributed by atoms with Crippen molar-refractivity contribution in [2.45, 2.75) is 97.2 Å². The second-order valence-corrected chi connectivity index (χ2v) is 23.7. The van der Waals surface area contributed by atoms with Crippen LogP contribution in [0.5, 0.6) is 0 Å². The quantitative estimate of drug-likeness (QED) is 0.275. The van der Waals surface area contributed by atoms with Crippen molar-refractivity contribution in [3.05, 3.63) is 0 Å². The molecule has 0 saturated carbocycles. The standard InChI is InChI=1S/C23H42O6Si2/c1-15-10-11-27-19(15)18-17(20(24)29-21(18)25)12-23(2,3)22(26)28-16(13-30(4,5)6)14-31(7,8)9/h15-19H,10-14H2,1-9H3. The lowest BCUT2D eigenvalue weighted by Gasteiger charge is -2.33. The molecule has 0 spiro atoms. The molecule has 2 saturated heterocycles. The van der Waals surface area contributed by atoms with E-state index in [2.05, 4.69) is 39.3 Å². The molecule has 0 aromatic rings. The number of hydrogen-bond acceptors (Lipinski definition) is 6. The average Bonchev–Trinajstić information content (AvgIpc) is 3.06. The maximum Gasteiger partial charge on any atom is 0.320 e. The smallest absolute Gasteiger partial charge is 0.320 e. The molecule has 4 unspecified atom stereocenters. The molecular weight excluding hydrogens is 428 g/mol. The molecule has 0 aromatic heterocycles. The fraction of sp³-hybridized carbons (Fsp3) is 0.870. The van der Waals surface area contributed by atoms with Crippen molar-refractivity contribution in [2.75, 3.05) is 6.61 Å². The van der Waals surface area contributed by atoms with Gasteiger partial charge in [0, 0.05) is 22.8 Å². The highest BCUT2D eigenvalue weighted by Gasteiger charge is 2.54. The third kappa shape index (κ3) is 7.25. The molecule has 0 bridgehead atoms. The maximum absolute atomic E-state index is 13.3. The van der Waals surface area contributed by atoms with E-state index in [4.69, 9.17) is 14.2 Å². The zero-order chi connectivity index (χ0) is 23.8. The summed E-state index contributed by atoms with van der Waals surface area (Å²) >= 11 is 0. The van der Waals surface area contributed by atoms with Gasteiger partial charge in [0.1, 0.15) is 0 Å². The van der Waals surface area contributed by atoms with E-state index in [1.807, 2.05) is 20.8 Å². The van der Waals surface area contributed by atoms with Crippen molar-refractivity contribution < 1.29 is 28.6 Å². The molecular formula is C23H42O6Si2.